The van der Waals surface area contributed by atoms with Gasteiger partial charge in [-0.15, -0.1) is 0 Å². The van der Waals surface area contributed by atoms with E-state index in [4.69, 9.17) is 9.47 Å². The highest BCUT2D eigenvalue weighted by Gasteiger charge is 2.48. The Bertz CT molecular complexity index is 771. The Kier molecular flexibility index (Phi) is 6.98. The van der Waals surface area contributed by atoms with Crippen molar-refractivity contribution >= 4 is 38.0 Å². The Balaban J connectivity index is 2.18. The number of methoxy groups -OCH3 is 1. The normalized spacial score (nSPS) is 12.1. The van der Waals surface area contributed by atoms with Gasteiger partial charge in [0.2, 0.25) is 0 Å². The monoisotopic (exact) mass is 486 g/mol. The number of nitrogens with one attached hydrogen (secondary N) is 1. The van der Waals surface area contributed by atoms with Crippen molar-refractivity contribution in [3.63, 3.8) is 0 Å². The van der Waals surface area contributed by atoms with Gasteiger partial charge in [-0.05, 0) is 23.3 Å². The van der Waals surface area contributed by atoms with Crippen LogP contribution < -0.4 is 10.1 Å². The van der Waals surface area contributed by atoms with E-state index < -0.39 is 20.4 Å². The zero-order valence-corrected chi connectivity index (χ0v) is 16.9. The molecule has 0 saturated carbocycles. The van der Waals surface area contributed by atoms with Crippen LogP contribution in [0, 0.1) is 10.1 Å². The molecule has 1 atom stereocenters. The molecule has 0 radical (unpaired) electrons. The number of ether oxygens (including phenoxy) is 2. The molecule has 0 aromatic heterocycles. The van der Waals surface area contributed by atoms with Gasteiger partial charge in [0.1, 0.15) is 18.4 Å². The number of nitrogens with zero attached hydrogens (tertiary/aromatic N) is 1. The average molecular weight is 488 g/mol. The fourth-order valence-electron chi connectivity index (χ4n) is 2.18. The number of hydrogen-bond acceptors (Lipinski definition) is 5. The average Bonchev–Trinajstić information content (AvgIpc) is 2.65. The lowest BCUT2D eigenvalue weighted by atomic mass is 10.1. The van der Waals surface area contributed by atoms with E-state index in [1.165, 1.54) is 7.11 Å². The summed E-state index contributed by atoms with van der Waals surface area (Å²) in [4.78, 5) is 23.0. The van der Waals surface area contributed by atoms with Gasteiger partial charge in [0.05, 0.1) is 12.0 Å². The number of carbonyl (C=O) groups excluding carboxylic acids is 1. The molecule has 1 N–H and O–H groups in total. The number of amides is 1. The van der Waals surface area contributed by atoms with E-state index in [0.717, 1.165) is 5.56 Å². The van der Waals surface area contributed by atoms with Crippen molar-refractivity contribution in [3.8, 4) is 5.75 Å². The minimum atomic E-state index is -1.82. The number of rotatable bonds is 7. The van der Waals surface area contributed by atoms with Crippen LogP contribution in [0.15, 0.2) is 54.6 Å². The molecule has 2 rings (SSSR count). The van der Waals surface area contributed by atoms with Gasteiger partial charge in [0.25, 0.3) is 0 Å². The van der Waals surface area contributed by atoms with Crippen molar-refractivity contribution in [1.82, 2.24) is 5.32 Å². The first-order valence-corrected chi connectivity index (χ1v) is 9.06. The van der Waals surface area contributed by atoms with Crippen molar-refractivity contribution in [3.05, 3.63) is 75.8 Å². The van der Waals surface area contributed by atoms with E-state index in [1.807, 2.05) is 30.3 Å². The van der Waals surface area contributed by atoms with Crippen molar-refractivity contribution in [1.29, 1.82) is 0 Å². The van der Waals surface area contributed by atoms with Gasteiger partial charge in [-0.1, -0.05) is 42.5 Å². The lowest BCUT2D eigenvalue weighted by Gasteiger charge is -2.25. The largest absolute Gasteiger partial charge is 0.497 e. The van der Waals surface area contributed by atoms with Crippen LogP contribution >= 0.6 is 31.9 Å². The molecule has 0 aliphatic heterocycles. The molecule has 0 fully saturated rings. The van der Waals surface area contributed by atoms with Crippen LogP contribution in [0.2, 0.25) is 0 Å². The van der Waals surface area contributed by atoms with E-state index in [-0.39, 0.29) is 6.61 Å². The number of halogens is 2. The van der Waals surface area contributed by atoms with Crippen molar-refractivity contribution in [2.45, 2.75) is 16.0 Å². The zero-order valence-electron chi connectivity index (χ0n) is 13.7. The summed E-state index contributed by atoms with van der Waals surface area (Å²) in [5, 5.41) is 14.0. The number of alkyl carbamates (subject to hydrolysis) is 1. The first kappa shape index (κ1) is 20.2. The summed E-state index contributed by atoms with van der Waals surface area (Å²) in [5.74, 6) is 0.506. The Labute approximate surface area is 167 Å². The molecule has 1 amide bonds. The van der Waals surface area contributed by atoms with Gasteiger partial charge >= 0.3 is 9.45 Å². The Morgan fingerprint density at radius 2 is 1.92 bits per heavy atom. The number of hydrogen-bond donors (Lipinski definition) is 1. The summed E-state index contributed by atoms with van der Waals surface area (Å²) in [6.45, 7) is 0.0491. The zero-order chi connectivity index (χ0) is 19.2. The second-order valence-electron chi connectivity index (χ2n) is 5.26. The smallest absolute Gasteiger partial charge is 0.408 e. The Hall–Kier alpha value is -2.13. The summed E-state index contributed by atoms with van der Waals surface area (Å²) in [7, 11) is 1.48. The molecule has 2 aromatic carbocycles. The summed E-state index contributed by atoms with van der Waals surface area (Å²) >= 11 is 6.05. The fourth-order valence-corrected chi connectivity index (χ4v) is 2.94. The van der Waals surface area contributed by atoms with E-state index >= 15 is 0 Å². The molecule has 138 valence electrons. The minimum absolute atomic E-state index is 0.0491. The lowest BCUT2D eigenvalue weighted by molar-refractivity contribution is -0.509. The van der Waals surface area contributed by atoms with Crippen LogP contribution in [0.3, 0.4) is 0 Å². The molecule has 0 aliphatic rings. The van der Waals surface area contributed by atoms with Crippen molar-refractivity contribution in [2.75, 3.05) is 7.11 Å². The summed E-state index contributed by atoms with van der Waals surface area (Å²) in [5.41, 5.74) is 1.27. The molecule has 0 aliphatic carbocycles. The number of carbonyl (C=O) groups is 1. The molecule has 0 unspecified atom stereocenters. The quantitative estimate of drug-likeness (QED) is 0.271. The van der Waals surface area contributed by atoms with Crippen LogP contribution in [-0.2, 0) is 11.3 Å². The molecule has 2 aromatic rings. The van der Waals surface area contributed by atoms with Gasteiger partial charge in [-0.3, -0.25) is 10.1 Å². The summed E-state index contributed by atoms with van der Waals surface area (Å²) in [6, 6.07) is 14.7. The maximum Gasteiger partial charge on any atom is 0.408 e. The van der Waals surface area contributed by atoms with E-state index in [0.29, 0.717) is 11.3 Å². The topological polar surface area (TPSA) is 90.7 Å². The predicted octanol–water partition coefficient (Wildman–Crippen LogP) is 4.38. The van der Waals surface area contributed by atoms with Crippen LogP contribution in [0.25, 0.3) is 0 Å². The predicted molar refractivity (Wildman–Crippen MR) is 103 cm³/mol. The standard InChI is InChI=1S/C17H16Br2N2O5/c1-25-14-9-5-8-13(10-14)15(17(18,19)21(23)24)20-16(22)26-11-12-6-3-2-4-7-12/h2-10,15H,11H2,1H3,(H,20,22)/t15-/m0/s1. The second kappa shape index (κ2) is 9.00. The van der Waals surface area contributed by atoms with E-state index in [9.17, 15) is 14.9 Å². The molecular weight excluding hydrogens is 472 g/mol. The second-order valence-corrected chi connectivity index (χ2v) is 8.74. The third-order valence-corrected chi connectivity index (χ3v) is 4.99. The van der Waals surface area contributed by atoms with Gasteiger partial charge in [0, 0.05) is 31.9 Å². The number of benzene rings is 2. The molecule has 0 bridgehead atoms. The highest BCUT2D eigenvalue weighted by Crippen LogP contribution is 2.40. The van der Waals surface area contributed by atoms with Crippen LogP contribution in [0.1, 0.15) is 17.2 Å². The maximum absolute atomic E-state index is 12.2. The third-order valence-electron chi connectivity index (χ3n) is 3.49. The molecule has 9 heteroatoms. The Morgan fingerprint density at radius 3 is 2.54 bits per heavy atom. The van der Waals surface area contributed by atoms with Gasteiger partial charge in [-0.2, -0.15) is 0 Å². The maximum atomic E-state index is 12.2. The van der Waals surface area contributed by atoms with Crippen LogP contribution in [0.4, 0.5) is 4.79 Å². The van der Waals surface area contributed by atoms with Gasteiger partial charge < -0.3 is 14.8 Å². The van der Waals surface area contributed by atoms with E-state index in [2.05, 4.69) is 37.2 Å². The SMILES string of the molecule is COc1cccc([C@H](NC(=O)OCc2ccccc2)C(Br)(Br)[N+](=O)[O-])c1. The first-order chi connectivity index (χ1) is 12.3. The molecule has 26 heavy (non-hydrogen) atoms. The first-order valence-electron chi connectivity index (χ1n) is 7.48. The molecule has 0 spiro atoms. The minimum Gasteiger partial charge on any atom is -0.497 e. The van der Waals surface area contributed by atoms with Crippen LogP contribution in [-0.4, -0.2) is 21.5 Å². The number of nitro groups is 1. The van der Waals surface area contributed by atoms with Crippen molar-refractivity contribution in [2.24, 2.45) is 0 Å². The Morgan fingerprint density at radius 1 is 1.23 bits per heavy atom. The summed E-state index contributed by atoms with van der Waals surface area (Å²) < 4.78 is 8.49. The van der Waals surface area contributed by atoms with Gasteiger partial charge in [-0.25, -0.2) is 4.79 Å². The fraction of sp³-hybridized carbons (Fsp3) is 0.235. The summed E-state index contributed by atoms with van der Waals surface area (Å²) in [6.07, 6.45) is -0.785. The highest BCUT2D eigenvalue weighted by atomic mass is 79.9. The van der Waals surface area contributed by atoms with Crippen LogP contribution in [0.5, 0.6) is 5.75 Å². The number of alkyl halides is 2. The lowest BCUT2D eigenvalue weighted by Crippen LogP contribution is -2.43. The molecule has 7 nitrogen and oxygen atoms in total. The van der Waals surface area contributed by atoms with Crippen molar-refractivity contribution < 1.29 is 19.2 Å². The third kappa shape index (κ3) is 5.18. The highest BCUT2D eigenvalue weighted by molar-refractivity contribution is 9.25. The van der Waals surface area contributed by atoms with Gasteiger partial charge in [0.15, 0.2) is 0 Å². The van der Waals surface area contributed by atoms with E-state index in [1.54, 1.807) is 24.3 Å². The molecule has 0 heterocycles. The molecular formula is C17H16Br2N2O5. The molecule has 0 saturated heterocycles.